The molecule has 0 saturated carbocycles. The Hall–Kier alpha value is -0.0700. The van der Waals surface area contributed by atoms with Crippen LogP contribution in [0.4, 0.5) is 0 Å². The Labute approximate surface area is 133 Å². The second kappa shape index (κ2) is 6.36. The number of thioether (sulfide) groups is 1. The van der Waals surface area contributed by atoms with Gasteiger partial charge in [0.05, 0.1) is 5.60 Å². The fourth-order valence-corrected chi connectivity index (χ4v) is 5.21. The number of hydrogen-bond donors (Lipinski definition) is 2. The molecule has 1 spiro atoms. The van der Waals surface area contributed by atoms with Crippen molar-refractivity contribution < 1.29 is 4.74 Å². The Morgan fingerprint density at radius 1 is 1.50 bits per heavy atom. The molecule has 2 heterocycles. The van der Waals surface area contributed by atoms with Gasteiger partial charge in [-0.25, -0.2) is 0 Å². The number of halogens is 1. The van der Waals surface area contributed by atoms with Crippen molar-refractivity contribution >= 4 is 27.7 Å². The number of hydrazine groups is 1. The molecule has 0 radical (unpaired) electrons. The highest BCUT2D eigenvalue weighted by Gasteiger charge is 2.42. The maximum absolute atomic E-state index is 6.11. The van der Waals surface area contributed by atoms with Crippen LogP contribution in [0.1, 0.15) is 30.9 Å². The second-order valence-electron chi connectivity index (χ2n) is 5.79. The molecule has 3 rings (SSSR count). The Morgan fingerprint density at radius 3 is 3.10 bits per heavy atom. The lowest BCUT2D eigenvalue weighted by molar-refractivity contribution is -0.0854. The molecule has 1 aromatic rings. The molecular formula is C15H21BrN2OS. The summed E-state index contributed by atoms with van der Waals surface area (Å²) in [6, 6.07) is 8.65. The van der Waals surface area contributed by atoms with Gasteiger partial charge in [-0.1, -0.05) is 28.1 Å². The SMILES string of the molecule is NNC(c1cccc(Br)c1)C1CCOC2(CCSC2)C1. The van der Waals surface area contributed by atoms with Crippen LogP contribution in [0.2, 0.25) is 0 Å². The van der Waals surface area contributed by atoms with Gasteiger partial charge in [-0.2, -0.15) is 11.8 Å². The summed E-state index contributed by atoms with van der Waals surface area (Å²) in [5, 5.41) is 0. The summed E-state index contributed by atoms with van der Waals surface area (Å²) in [5.41, 5.74) is 4.40. The van der Waals surface area contributed by atoms with Crippen molar-refractivity contribution in [3.05, 3.63) is 34.3 Å². The molecule has 3 unspecified atom stereocenters. The van der Waals surface area contributed by atoms with E-state index in [1.165, 1.54) is 17.7 Å². The van der Waals surface area contributed by atoms with Crippen LogP contribution >= 0.6 is 27.7 Å². The predicted octanol–water partition coefficient (Wildman–Crippen LogP) is 3.26. The summed E-state index contributed by atoms with van der Waals surface area (Å²) in [6.45, 7) is 0.859. The average Bonchev–Trinajstić information content (AvgIpc) is 2.88. The molecule has 3 nitrogen and oxygen atoms in total. The van der Waals surface area contributed by atoms with Crippen LogP contribution in [0.25, 0.3) is 0 Å². The van der Waals surface area contributed by atoms with Gasteiger partial charge in [0.15, 0.2) is 0 Å². The summed E-state index contributed by atoms with van der Waals surface area (Å²) >= 11 is 5.56. The molecule has 3 N–H and O–H groups in total. The van der Waals surface area contributed by atoms with Gasteiger partial charge in [0.1, 0.15) is 0 Å². The van der Waals surface area contributed by atoms with Crippen molar-refractivity contribution in [2.75, 3.05) is 18.1 Å². The van der Waals surface area contributed by atoms with Gasteiger partial charge in [0.2, 0.25) is 0 Å². The lowest BCUT2D eigenvalue weighted by atomic mass is 9.79. The Kier molecular flexibility index (Phi) is 4.72. The Bertz CT molecular complexity index is 465. The van der Waals surface area contributed by atoms with E-state index in [-0.39, 0.29) is 11.6 Å². The third-order valence-corrected chi connectivity index (χ3v) is 6.17. The number of nitrogens with one attached hydrogen (secondary N) is 1. The minimum atomic E-state index is 0.106. The van der Waals surface area contributed by atoms with Gasteiger partial charge in [0.25, 0.3) is 0 Å². The molecule has 0 amide bonds. The fourth-order valence-electron chi connectivity index (χ4n) is 3.42. The highest BCUT2D eigenvalue weighted by atomic mass is 79.9. The van der Waals surface area contributed by atoms with E-state index in [9.17, 15) is 0 Å². The highest BCUT2D eigenvalue weighted by Crippen LogP contribution is 2.43. The van der Waals surface area contributed by atoms with Crippen LogP contribution < -0.4 is 11.3 Å². The first-order chi connectivity index (χ1) is 9.72. The molecule has 0 aliphatic carbocycles. The van der Waals surface area contributed by atoms with E-state index in [0.717, 1.165) is 29.7 Å². The summed E-state index contributed by atoms with van der Waals surface area (Å²) in [5.74, 6) is 8.77. The molecule has 0 aromatic heterocycles. The molecule has 2 aliphatic heterocycles. The largest absolute Gasteiger partial charge is 0.374 e. The predicted molar refractivity (Wildman–Crippen MR) is 87.6 cm³/mol. The van der Waals surface area contributed by atoms with Gasteiger partial charge < -0.3 is 4.74 Å². The smallest absolute Gasteiger partial charge is 0.0783 e. The number of rotatable bonds is 3. The quantitative estimate of drug-likeness (QED) is 0.644. The van der Waals surface area contributed by atoms with Crippen molar-refractivity contribution in [1.29, 1.82) is 0 Å². The fraction of sp³-hybridized carbons (Fsp3) is 0.600. The third kappa shape index (κ3) is 3.07. The van der Waals surface area contributed by atoms with Gasteiger partial charge in [0, 0.05) is 22.9 Å². The lowest BCUT2D eigenvalue weighted by Crippen LogP contribution is -2.45. The van der Waals surface area contributed by atoms with E-state index in [4.69, 9.17) is 10.6 Å². The van der Waals surface area contributed by atoms with Crippen LogP contribution in [0.3, 0.4) is 0 Å². The molecule has 5 heteroatoms. The maximum Gasteiger partial charge on any atom is 0.0783 e. The van der Waals surface area contributed by atoms with Gasteiger partial charge in [-0.05, 0) is 48.6 Å². The number of nitrogens with two attached hydrogens (primary N) is 1. The molecule has 20 heavy (non-hydrogen) atoms. The van der Waals surface area contributed by atoms with Gasteiger partial charge >= 0.3 is 0 Å². The summed E-state index contributed by atoms with van der Waals surface area (Å²) in [4.78, 5) is 0. The second-order valence-corrected chi connectivity index (χ2v) is 7.81. The summed E-state index contributed by atoms with van der Waals surface area (Å²) in [6.07, 6.45) is 3.37. The first-order valence-corrected chi connectivity index (χ1v) is 9.10. The Morgan fingerprint density at radius 2 is 2.40 bits per heavy atom. The van der Waals surface area contributed by atoms with E-state index in [0.29, 0.717) is 5.92 Å². The zero-order valence-electron chi connectivity index (χ0n) is 11.5. The molecular weight excluding hydrogens is 336 g/mol. The van der Waals surface area contributed by atoms with Gasteiger partial charge in [-0.3, -0.25) is 11.3 Å². The molecule has 2 aliphatic rings. The highest BCUT2D eigenvalue weighted by molar-refractivity contribution is 9.10. The van der Waals surface area contributed by atoms with E-state index in [2.05, 4.69) is 45.6 Å². The van der Waals surface area contributed by atoms with E-state index < -0.39 is 0 Å². The number of benzene rings is 1. The van der Waals surface area contributed by atoms with Gasteiger partial charge in [-0.15, -0.1) is 0 Å². The molecule has 2 fully saturated rings. The zero-order chi connectivity index (χ0) is 14.0. The summed E-state index contributed by atoms with van der Waals surface area (Å²) < 4.78 is 7.22. The standard InChI is InChI=1S/C15H21BrN2OS/c16-13-3-1-2-11(8-13)14(18-17)12-4-6-19-15(9-12)5-7-20-10-15/h1-3,8,12,14,18H,4-7,9-10,17H2. The van der Waals surface area contributed by atoms with Crippen LogP contribution in [0.15, 0.2) is 28.7 Å². The van der Waals surface area contributed by atoms with Crippen molar-refractivity contribution in [2.24, 2.45) is 11.8 Å². The van der Waals surface area contributed by atoms with Crippen LogP contribution in [0, 0.1) is 5.92 Å². The van der Waals surface area contributed by atoms with Crippen molar-refractivity contribution in [3.63, 3.8) is 0 Å². The lowest BCUT2D eigenvalue weighted by Gasteiger charge is -2.41. The van der Waals surface area contributed by atoms with Crippen LogP contribution in [0.5, 0.6) is 0 Å². The third-order valence-electron chi connectivity index (χ3n) is 4.46. The van der Waals surface area contributed by atoms with E-state index in [1.54, 1.807) is 0 Å². The van der Waals surface area contributed by atoms with E-state index >= 15 is 0 Å². The zero-order valence-corrected chi connectivity index (χ0v) is 13.9. The molecule has 0 bridgehead atoms. The van der Waals surface area contributed by atoms with Crippen LogP contribution in [-0.2, 0) is 4.74 Å². The first-order valence-electron chi connectivity index (χ1n) is 7.16. The Balaban J connectivity index is 1.78. The average molecular weight is 357 g/mol. The number of ether oxygens (including phenoxy) is 1. The molecule has 110 valence electrons. The maximum atomic E-state index is 6.11. The van der Waals surface area contributed by atoms with Crippen molar-refractivity contribution in [1.82, 2.24) is 5.43 Å². The molecule has 2 saturated heterocycles. The van der Waals surface area contributed by atoms with Crippen LogP contribution in [-0.4, -0.2) is 23.7 Å². The molecule has 1 aromatic carbocycles. The summed E-state index contributed by atoms with van der Waals surface area (Å²) in [7, 11) is 0. The topological polar surface area (TPSA) is 47.3 Å². The molecule has 3 atom stereocenters. The minimum absolute atomic E-state index is 0.106. The van der Waals surface area contributed by atoms with E-state index in [1.807, 2.05) is 11.8 Å². The van der Waals surface area contributed by atoms with Crippen molar-refractivity contribution in [2.45, 2.75) is 30.9 Å². The first kappa shape index (κ1) is 14.9. The number of hydrogen-bond acceptors (Lipinski definition) is 4. The minimum Gasteiger partial charge on any atom is -0.374 e. The van der Waals surface area contributed by atoms with Crippen molar-refractivity contribution in [3.8, 4) is 0 Å². The monoisotopic (exact) mass is 356 g/mol. The normalized spacial score (nSPS) is 31.6.